The number of amides is 2. The highest BCUT2D eigenvalue weighted by Gasteiger charge is 2.37. The first-order valence-corrected chi connectivity index (χ1v) is 11.3. The van der Waals surface area contributed by atoms with Crippen molar-refractivity contribution in [1.82, 2.24) is 4.90 Å². The van der Waals surface area contributed by atoms with E-state index in [1.165, 1.54) is 11.8 Å². The molecule has 6 heteroatoms. The molecule has 1 saturated heterocycles. The zero-order valence-electron chi connectivity index (χ0n) is 17.5. The Hall–Kier alpha value is -3.64. The maximum absolute atomic E-state index is 12.8. The van der Waals surface area contributed by atoms with Gasteiger partial charge in [-0.3, -0.25) is 14.5 Å². The Morgan fingerprint density at radius 2 is 1.53 bits per heavy atom. The lowest BCUT2D eigenvalue weighted by molar-refractivity contribution is -0.127. The third-order valence-corrected chi connectivity index (χ3v) is 6.79. The van der Waals surface area contributed by atoms with Gasteiger partial charge < -0.3 is 5.32 Å². The second-order valence-corrected chi connectivity index (χ2v) is 8.85. The van der Waals surface area contributed by atoms with Crippen LogP contribution >= 0.6 is 11.8 Å². The number of benzene rings is 4. The molecule has 4 aromatic rings. The number of anilines is 1. The summed E-state index contributed by atoms with van der Waals surface area (Å²) in [6, 6.07) is 27.6. The second kappa shape index (κ2) is 8.48. The number of hydrogen-bond acceptors (Lipinski definition) is 4. The van der Waals surface area contributed by atoms with Crippen LogP contribution < -0.4 is 5.32 Å². The van der Waals surface area contributed by atoms with Crippen LogP contribution in [0.3, 0.4) is 0 Å². The molecule has 0 saturated carbocycles. The van der Waals surface area contributed by atoms with Gasteiger partial charge in [0, 0.05) is 29.9 Å². The van der Waals surface area contributed by atoms with E-state index < -0.39 is 5.25 Å². The minimum atomic E-state index is -0.497. The number of hydrogen-bond donors (Lipinski definition) is 1. The van der Waals surface area contributed by atoms with Crippen molar-refractivity contribution in [3.05, 3.63) is 84.9 Å². The first kappa shape index (κ1) is 20.3. The van der Waals surface area contributed by atoms with Crippen molar-refractivity contribution in [3.8, 4) is 0 Å². The highest BCUT2D eigenvalue weighted by Crippen LogP contribution is 2.33. The molecule has 1 heterocycles. The monoisotopic (exact) mass is 439 g/mol. The molecule has 5 nitrogen and oxygen atoms in total. The number of aliphatic imine (C=N–C) groups is 1. The Morgan fingerprint density at radius 3 is 2.31 bits per heavy atom. The van der Waals surface area contributed by atoms with Crippen molar-refractivity contribution in [3.63, 3.8) is 0 Å². The van der Waals surface area contributed by atoms with Gasteiger partial charge in [0.25, 0.3) is 0 Å². The fourth-order valence-electron chi connectivity index (χ4n) is 3.91. The van der Waals surface area contributed by atoms with Crippen LogP contribution in [0, 0.1) is 0 Å². The van der Waals surface area contributed by atoms with E-state index in [-0.39, 0.29) is 18.2 Å². The molecule has 0 aromatic heterocycles. The van der Waals surface area contributed by atoms with Crippen molar-refractivity contribution < 1.29 is 9.59 Å². The first-order valence-electron chi connectivity index (χ1n) is 10.4. The van der Waals surface area contributed by atoms with E-state index in [4.69, 9.17) is 4.99 Å². The molecule has 1 fully saturated rings. The summed E-state index contributed by atoms with van der Waals surface area (Å²) in [7, 11) is 1.71. The summed E-state index contributed by atoms with van der Waals surface area (Å²) in [5, 5.41) is 7.24. The lowest BCUT2D eigenvalue weighted by Gasteiger charge is -2.11. The van der Waals surface area contributed by atoms with Crippen LogP contribution in [0.1, 0.15) is 6.42 Å². The molecular weight excluding hydrogens is 418 g/mol. The number of amidine groups is 1. The highest BCUT2D eigenvalue weighted by molar-refractivity contribution is 8.15. The van der Waals surface area contributed by atoms with E-state index >= 15 is 0 Å². The first-order chi connectivity index (χ1) is 15.6. The number of nitrogens with zero attached hydrogens (tertiary/aromatic N) is 2. The zero-order chi connectivity index (χ0) is 22.1. The predicted octanol–water partition coefficient (Wildman–Crippen LogP) is 5.58. The van der Waals surface area contributed by atoms with Gasteiger partial charge in [0.1, 0.15) is 5.25 Å². The summed E-state index contributed by atoms with van der Waals surface area (Å²) in [5.41, 5.74) is 1.56. The standard InChI is InChI=1S/C26H21N3O2S/c1-29-25(31)23(16-24(30)27-21-14-6-10-17-8-2-4-12-19(17)21)32-26(29)28-22-15-7-11-18-9-3-5-13-20(18)22/h2-15,23H,16H2,1H3,(H,27,30). The highest BCUT2D eigenvalue weighted by atomic mass is 32.2. The Balaban J connectivity index is 1.34. The molecule has 2 amide bonds. The van der Waals surface area contributed by atoms with E-state index in [0.717, 1.165) is 32.9 Å². The smallest absolute Gasteiger partial charge is 0.242 e. The lowest BCUT2D eigenvalue weighted by atomic mass is 10.1. The topological polar surface area (TPSA) is 61.8 Å². The summed E-state index contributed by atoms with van der Waals surface area (Å²) in [6.07, 6.45) is 0.0889. The van der Waals surface area contributed by atoms with Crippen molar-refractivity contribution >= 4 is 61.7 Å². The summed E-state index contributed by atoms with van der Waals surface area (Å²) in [5.74, 6) is -0.297. The number of fused-ring (bicyclic) bond motifs is 2. The predicted molar refractivity (Wildman–Crippen MR) is 132 cm³/mol. The summed E-state index contributed by atoms with van der Waals surface area (Å²) < 4.78 is 0. The minimum absolute atomic E-state index is 0.0889. The van der Waals surface area contributed by atoms with E-state index in [1.54, 1.807) is 11.9 Å². The molecule has 158 valence electrons. The van der Waals surface area contributed by atoms with Gasteiger partial charge in [0.15, 0.2) is 5.17 Å². The molecule has 0 spiro atoms. The van der Waals surface area contributed by atoms with Crippen LogP contribution in [0.5, 0.6) is 0 Å². The Morgan fingerprint density at radius 1 is 0.906 bits per heavy atom. The molecule has 4 aromatic carbocycles. The Bertz CT molecular complexity index is 1370. The Kier molecular flexibility index (Phi) is 5.37. The number of thioether (sulfide) groups is 1. The van der Waals surface area contributed by atoms with E-state index in [2.05, 4.69) is 5.32 Å². The third kappa shape index (κ3) is 3.85. The maximum atomic E-state index is 12.8. The third-order valence-electron chi connectivity index (χ3n) is 5.56. The van der Waals surface area contributed by atoms with Gasteiger partial charge in [0.05, 0.1) is 5.69 Å². The van der Waals surface area contributed by atoms with Gasteiger partial charge in [-0.15, -0.1) is 0 Å². The number of carbonyl (C=O) groups excluding carboxylic acids is 2. The average Bonchev–Trinajstić information content (AvgIpc) is 3.07. The molecule has 5 rings (SSSR count). The quantitative estimate of drug-likeness (QED) is 0.451. The number of nitrogens with one attached hydrogen (secondary N) is 1. The minimum Gasteiger partial charge on any atom is -0.325 e. The van der Waals surface area contributed by atoms with Crippen LogP contribution in [0.15, 0.2) is 89.9 Å². The van der Waals surface area contributed by atoms with E-state index in [0.29, 0.717) is 5.17 Å². The molecular formula is C26H21N3O2S. The Labute approximate surface area is 190 Å². The number of rotatable bonds is 4. The molecule has 1 N–H and O–H groups in total. The van der Waals surface area contributed by atoms with Gasteiger partial charge in [0.2, 0.25) is 11.8 Å². The molecule has 1 atom stereocenters. The average molecular weight is 440 g/mol. The largest absolute Gasteiger partial charge is 0.325 e. The maximum Gasteiger partial charge on any atom is 0.242 e. The van der Waals surface area contributed by atoms with Gasteiger partial charge in [-0.2, -0.15) is 0 Å². The van der Waals surface area contributed by atoms with Gasteiger partial charge in [-0.1, -0.05) is 84.6 Å². The van der Waals surface area contributed by atoms with Gasteiger partial charge in [-0.05, 0) is 22.9 Å². The molecule has 1 aliphatic rings. The van der Waals surface area contributed by atoms with Crippen LogP contribution in [-0.4, -0.2) is 34.2 Å². The van der Waals surface area contributed by atoms with Crippen molar-refractivity contribution in [2.75, 3.05) is 12.4 Å². The zero-order valence-corrected chi connectivity index (χ0v) is 18.3. The van der Waals surface area contributed by atoms with E-state index in [1.807, 2.05) is 84.9 Å². The summed E-state index contributed by atoms with van der Waals surface area (Å²) in [6.45, 7) is 0. The van der Waals surface area contributed by atoms with Crippen LogP contribution in [0.4, 0.5) is 11.4 Å². The van der Waals surface area contributed by atoms with Gasteiger partial charge in [-0.25, -0.2) is 4.99 Å². The molecule has 32 heavy (non-hydrogen) atoms. The molecule has 0 radical (unpaired) electrons. The molecule has 1 unspecified atom stereocenters. The van der Waals surface area contributed by atoms with Crippen LogP contribution in [-0.2, 0) is 9.59 Å². The normalized spacial score (nSPS) is 17.4. The molecule has 0 aliphatic carbocycles. The SMILES string of the molecule is CN1C(=O)C(CC(=O)Nc2cccc3ccccc23)SC1=Nc1cccc2ccccc12. The fraction of sp³-hybridized carbons (Fsp3) is 0.115. The lowest BCUT2D eigenvalue weighted by Crippen LogP contribution is -2.30. The van der Waals surface area contributed by atoms with E-state index in [9.17, 15) is 9.59 Å². The van der Waals surface area contributed by atoms with Gasteiger partial charge >= 0.3 is 0 Å². The fourth-order valence-corrected chi connectivity index (χ4v) is 5.06. The number of carbonyl (C=O) groups is 2. The molecule has 0 bridgehead atoms. The van der Waals surface area contributed by atoms with Crippen LogP contribution in [0.2, 0.25) is 0 Å². The summed E-state index contributed by atoms with van der Waals surface area (Å²) >= 11 is 1.34. The molecule has 1 aliphatic heterocycles. The van der Waals surface area contributed by atoms with Crippen molar-refractivity contribution in [1.29, 1.82) is 0 Å². The summed E-state index contributed by atoms with van der Waals surface area (Å²) in [4.78, 5) is 31.9. The second-order valence-electron chi connectivity index (χ2n) is 7.68. The van der Waals surface area contributed by atoms with Crippen molar-refractivity contribution in [2.24, 2.45) is 4.99 Å². The van der Waals surface area contributed by atoms with Crippen LogP contribution in [0.25, 0.3) is 21.5 Å². The van der Waals surface area contributed by atoms with Crippen molar-refractivity contribution in [2.45, 2.75) is 11.7 Å².